The molecule has 0 atom stereocenters. The average Bonchev–Trinajstić information content (AvgIpc) is 2.44. The standard InChI is InChI=1S/C14H29NSi2/c1-14(2,3)15-17(7,8)13-11-9-10-12(13)16(4,5)6/h9-10,15H,11H2,1-8H3. The van der Waals surface area contributed by atoms with Gasteiger partial charge in [-0.2, -0.15) is 0 Å². The smallest absolute Gasteiger partial charge is 0.148 e. The summed E-state index contributed by atoms with van der Waals surface area (Å²) in [6, 6.07) is 0. The molecule has 1 aliphatic carbocycles. The third-order valence-corrected chi connectivity index (χ3v) is 8.87. The van der Waals surface area contributed by atoms with Crippen LogP contribution in [0.4, 0.5) is 0 Å². The number of nitrogens with one attached hydrogen (secondary N) is 1. The molecular weight excluding hydrogens is 238 g/mol. The fraction of sp³-hybridized carbons (Fsp3) is 0.714. The van der Waals surface area contributed by atoms with Gasteiger partial charge in [0.2, 0.25) is 0 Å². The minimum atomic E-state index is -1.48. The monoisotopic (exact) mass is 267 g/mol. The van der Waals surface area contributed by atoms with E-state index in [1.807, 2.05) is 0 Å². The molecule has 0 fully saturated rings. The van der Waals surface area contributed by atoms with Crippen LogP contribution in [0.5, 0.6) is 0 Å². The maximum Gasteiger partial charge on any atom is 0.148 e. The summed E-state index contributed by atoms with van der Waals surface area (Å²) in [7, 11) is -2.66. The van der Waals surface area contributed by atoms with Gasteiger partial charge in [-0.25, -0.2) is 0 Å². The van der Waals surface area contributed by atoms with E-state index in [0.29, 0.717) is 0 Å². The molecule has 1 rings (SSSR count). The molecule has 17 heavy (non-hydrogen) atoms. The molecular formula is C14H29NSi2. The maximum atomic E-state index is 3.90. The van der Waals surface area contributed by atoms with Gasteiger partial charge in [-0.1, -0.05) is 55.3 Å². The predicted octanol–water partition coefficient (Wildman–Crippen LogP) is 4.25. The Bertz CT molecular complexity index is 351. The number of rotatable bonds is 3. The molecule has 0 aromatic rings. The summed E-state index contributed by atoms with van der Waals surface area (Å²) in [5.74, 6) is 0. The molecule has 0 saturated carbocycles. The van der Waals surface area contributed by atoms with Crippen LogP contribution in [0, 0.1) is 0 Å². The zero-order chi connectivity index (χ0) is 13.5. The lowest BCUT2D eigenvalue weighted by Crippen LogP contribution is -2.56. The summed E-state index contributed by atoms with van der Waals surface area (Å²) in [6.07, 6.45) is 5.95. The van der Waals surface area contributed by atoms with Crippen molar-refractivity contribution in [1.82, 2.24) is 4.98 Å². The number of hydrogen-bond donors (Lipinski definition) is 1. The van der Waals surface area contributed by atoms with Gasteiger partial charge in [0.15, 0.2) is 0 Å². The first kappa shape index (κ1) is 14.9. The second kappa shape index (κ2) is 4.52. The maximum absolute atomic E-state index is 3.90. The topological polar surface area (TPSA) is 12.0 Å². The molecule has 0 saturated heterocycles. The molecule has 98 valence electrons. The first-order chi connectivity index (χ1) is 7.43. The first-order valence-electron chi connectivity index (χ1n) is 6.63. The molecule has 0 aromatic heterocycles. The lowest BCUT2D eigenvalue weighted by atomic mass is 10.1. The highest BCUT2D eigenvalue weighted by molar-refractivity contribution is 6.89. The first-order valence-corrected chi connectivity index (χ1v) is 13.1. The summed E-state index contributed by atoms with van der Waals surface area (Å²) in [5, 5.41) is 3.44. The van der Waals surface area contributed by atoms with Gasteiger partial charge in [-0.3, -0.25) is 0 Å². The second-order valence-corrected chi connectivity index (χ2v) is 16.9. The molecule has 0 radical (unpaired) electrons. The SMILES string of the molecule is CC(C)(C)N[Si](C)(C)C1=C([Si](C)(C)C)C=CC1. The Labute approximate surface area is 109 Å². The summed E-state index contributed by atoms with van der Waals surface area (Å²) in [6.45, 7) is 19.1. The average molecular weight is 268 g/mol. The van der Waals surface area contributed by atoms with E-state index < -0.39 is 16.3 Å². The van der Waals surface area contributed by atoms with Gasteiger partial charge in [-0.05, 0) is 27.2 Å². The number of allylic oxidation sites excluding steroid dienone is 4. The van der Waals surface area contributed by atoms with Gasteiger partial charge in [0, 0.05) is 5.54 Å². The van der Waals surface area contributed by atoms with E-state index in [-0.39, 0.29) is 5.54 Å². The lowest BCUT2D eigenvalue weighted by Gasteiger charge is -2.36. The van der Waals surface area contributed by atoms with Gasteiger partial charge in [0.05, 0.1) is 8.07 Å². The summed E-state index contributed by atoms with van der Waals surface area (Å²) in [5.41, 5.74) is 0.218. The molecule has 0 aromatic carbocycles. The normalized spacial score (nSPS) is 18.1. The van der Waals surface area contributed by atoms with Crippen LogP contribution in [-0.4, -0.2) is 21.8 Å². The van der Waals surface area contributed by atoms with Crippen LogP contribution in [0.15, 0.2) is 22.5 Å². The van der Waals surface area contributed by atoms with Crippen LogP contribution >= 0.6 is 0 Å². The van der Waals surface area contributed by atoms with Crippen molar-refractivity contribution < 1.29 is 0 Å². The van der Waals surface area contributed by atoms with Crippen molar-refractivity contribution >= 4 is 16.3 Å². The van der Waals surface area contributed by atoms with Gasteiger partial charge in [-0.15, -0.1) is 0 Å². The minimum Gasteiger partial charge on any atom is -0.329 e. The molecule has 3 heteroatoms. The van der Waals surface area contributed by atoms with Gasteiger partial charge >= 0.3 is 0 Å². The summed E-state index contributed by atoms with van der Waals surface area (Å²) in [4.78, 5) is 3.90. The molecule has 0 spiro atoms. The highest BCUT2D eigenvalue weighted by Crippen LogP contribution is 2.33. The summed E-state index contributed by atoms with van der Waals surface area (Å²) >= 11 is 0. The minimum absolute atomic E-state index is 0.218. The van der Waals surface area contributed by atoms with Crippen molar-refractivity contribution in [3.05, 3.63) is 22.5 Å². The Kier molecular flexibility index (Phi) is 3.97. The van der Waals surface area contributed by atoms with Crippen molar-refractivity contribution in [3.63, 3.8) is 0 Å². The van der Waals surface area contributed by atoms with Gasteiger partial charge in [0.1, 0.15) is 8.24 Å². The van der Waals surface area contributed by atoms with E-state index in [1.54, 1.807) is 10.4 Å². The van der Waals surface area contributed by atoms with E-state index in [0.717, 1.165) is 0 Å². The number of hydrogen-bond acceptors (Lipinski definition) is 1. The molecule has 0 aliphatic heterocycles. The van der Waals surface area contributed by atoms with E-state index in [9.17, 15) is 0 Å². The Morgan fingerprint density at radius 3 is 2.00 bits per heavy atom. The Morgan fingerprint density at radius 1 is 1.06 bits per heavy atom. The van der Waals surface area contributed by atoms with E-state index in [2.05, 4.69) is 70.6 Å². The second-order valence-electron chi connectivity index (χ2n) is 7.75. The van der Waals surface area contributed by atoms with Crippen molar-refractivity contribution in [2.24, 2.45) is 0 Å². The van der Waals surface area contributed by atoms with E-state index in [4.69, 9.17) is 0 Å². The largest absolute Gasteiger partial charge is 0.329 e. The van der Waals surface area contributed by atoms with E-state index in [1.165, 1.54) is 6.42 Å². The highest BCUT2D eigenvalue weighted by Gasteiger charge is 2.35. The van der Waals surface area contributed by atoms with Gasteiger partial charge < -0.3 is 4.98 Å². The third-order valence-electron chi connectivity index (χ3n) is 3.18. The van der Waals surface area contributed by atoms with Crippen LogP contribution < -0.4 is 4.98 Å². The highest BCUT2D eigenvalue weighted by atomic mass is 28.3. The van der Waals surface area contributed by atoms with Crippen molar-refractivity contribution in [3.8, 4) is 0 Å². The van der Waals surface area contributed by atoms with Crippen LogP contribution in [0.1, 0.15) is 27.2 Å². The zero-order valence-electron chi connectivity index (χ0n) is 12.9. The molecule has 0 amide bonds. The fourth-order valence-corrected chi connectivity index (χ4v) is 9.91. The molecule has 1 aliphatic rings. The lowest BCUT2D eigenvalue weighted by molar-refractivity contribution is 0.513. The zero-order valence-corrected chi connectivity index (χ0v) is 14.9. The van der Waals surface area contributed by atoms with Crippen molar-refractivity contribution in [2.75, 3.05) is 0 Å². The van der Waals surface area contributed by atoms with E-state index >= 15 is 0 Å². The molecule has 0 unspecified atom stereocenters. The molecule has 1 N–H and O–H groups in total. The Hall–Kier alpha value is -0.126. The quantitative estimate of drug-likeness (QED) is 0.754. The fourth-order valence-electron chi connectivity index (χ4n) is 2.81. The Morgan fingerprint density at radius 2 is 1.59 bits per heavy atom. The van der Waals surface area contributed by atoms with Crippen LogP contribution in [0.25, 0.3) is 0 Å². The molecule has 0 bridgehead atoms. The van der Waals surface area contributed by atoms with Crippen LogP contribution in [0.3, 0.4) is 0 Å². The van der Waals surface area contributed by atoms with Crippen molar-refractivity contribution in [2.45, 2.75) is 65.5 Å². The molecule has 0 heterocycles. The Balaban J connectivity index is 3.07. The summed E-state index contributed by atoms with van der Waals surface area (Å²) < 4.78 is 0. The van der Waals surface area contributed by atoms with Crippen molar-refractivity contribution in [1.29, 1.82) is 0 Å². The predicted molar refractivity (Wildman–Crippen MR) is 84.5 cm³/mol. The van der Waals surface area contributed by atoms with Crippen LogP contribution in [0.2, 0.25) is 32.7 Å². The molecule has 1 nitrogen and oxygen atoms in total. The van der Waals surface area contributed by atoms with Gasteiger partial charge in [0.25, 0.3) is 0 Å². The van der Waals surface area contributed by atoms with Crippen LogP contribution in [-0.2, 0) is 0 Å². The third kappa shape index (κ3) is 3.93.